The van der Waals surface area contributed by atoms with Gasteiger partial charge in [-0.3, -0.25) is 4.98 Å². The Bertz CT molecular complexity index is 582. The highest BCUT2D eigenvalue weighted by Crippen LogP contribution is 2.55. The molecule has 1 saturated heterocycles. The van der Waals surface area contributed by atoms with E-state index in [1.807, 2.05) is 0 Å². The Morgan fingerprint density at radius 1 is 1.42 bits per heavy atom. The van der Waals surface area contributed by atoms with Crippen molar-refractivity contribution in [1.82, 2.24) is 9.97 Å². The number of thioether (sulfide) groups is 1. The number of hydrogen-bond donors (Lipinski definition) is 2. The maximum absolute atomic E-state index is 11.4. The zero-order valence-electron chi connectivity index (χ0n) is 10.3. The predicted molar refractivity (Wildman–Crippen MR) is 70.1 cm³/mol. The third-order valence-corrected chi connectivity index (χ3v) is 5.54. The molecule has 6 nitrogen and oxygen atoms in total. The molecule has 1 aromatic heterocycles. The first-order valence-corrected chi connectivity index (χ1v) is 7.39. The highest BCUT2D eigenvalue weighted by Gasteiger charge is 2.49. The van der Waals surface area contributed by atoms with E-state index in [1.165, 1.54) is 0 Å². The van der Waals surface area contributed by atoms with Gasteiger partial charge in [0, 0.05) is 29.6 Å². The number of fused-ring (bicyclic) bond motifs is 3. The Hall–Kier alpha value is -1.05. The number of H-pyrrole nitrogens is 1. The van der Waals surface area contributed by atoms with Crippen LogP contribution in [0.2, 0.25) is 0 Å². The summed E-state index contributed by atoms with van der Waals surface area (Å²) in [5.74, 6) is 0.414. The monoisotopic (exact) mass is 281 g/mol. The Kier molecular flexibility index (Phi) is 2.46. The van der Waals surface area contributed by atoms with E-state index in [-0.39, 0.29) is 5.69 Å². The van der Waals surface area contributed by atoms with Gasteiger partial charge in [-0.05, 0) is 6.42 Å². The molecule has 3 heterocycles. The van der Waals surface area contributed by atoms with Crippen molar-refractivity contribution in [3.05, 3.63) is 16.0 Å². The van der Waals surface area contributed by atoms with Gasteiger partial charge in [0.25, 0.3) is 0 Å². The fraction of sp³-hybridized carbons (Fsp3) is 0.667. The first kappa shape index (κ1) is 11.7. The molecular formula is C12H15N3O3S. The lowest BCUT2D eigenvalue weighted by molar-refractivity contribution is -0.177. The molecule has 2 unspecified atom stereocenters. The molecule has 1 aromatic rings. The van der Waals surface area contributed by atoms with Gasteiger partial charge in [-0.25, -0.2) is 4.79 Å². The minimum Gasteiger partial charge on any atom is -0.385 e. The maximum Gasteiger partial charge on any atom is 0.347 e. The Morgan fingerprint density at radius 2 is 2.21 bits per heavy atom. The van der Waals surface area contributed by atoms with Gasteiger partial charge < -0.3 is 15.2 Å². The van der Waals surface area contributed by atoms with Crippen LogP contribution in [-0.2, 0) is 9.47 Å². The van der Waals surface area contributed by atoms with Crippen LogP contribution in [0, 0.1) is 0 Å². The standard InChI is InChI=1S/C12H15N3O3S/c13-9-8-6-1-2-12(17-3-4-18-12)5-7(6)19-10(8)15-11(16)14-9/h6-7H,1-5H2,(H3,13,14,15,16). The molecule has 19 heavy (non-hydrogen) atoms. The molecule has 0 aromatic carbocycles. The number of aromatic nitrogens is 2. The van der Waals surface area contributed by atoms with Crippen molar-refractivity contribution in [2.75, 3.05) is 18.9 Å². The van der Waals surface area contributed by atoms with Crippen LogP contribution in [-0.4, -0.2) is 34.2 Å². The van der Waals surface area contributed by atoms with Gasteiger partial charge in [0.15, 0.2) is 5.79 Å². The highest BCUT2D eigenvalue weighted by atomic mass is 32.2. The number of nitrogens with one attached hydrogen (secondary N) is 1. The lowest BCUT2D eigenvalue weighted by Crippen LogP contribution is -2.39. The number of rotatable bonds is 0. The van der Waals surface area contributed by atoms with Crippen LogP contribution in [0.3, 0.4) is 0 Å². The smallest absolute Gasteiger partial charge is 0.347 e. The number of nitrogens with zero attached hydrogens (tertiary/aromatic N) is 1. The van der Waals surface area contributed by atoms with Crippen LogP contribution in [0.5, 0.6) is 0 Å². The quantitative estimate of drug-likeness (QED) is 0.685. The van der Waals surface area contributed by atoms with E-state index in [0.29, 0.717) is 30.2 Å². The SMILES string of the molecule is Nc1[nH]c(=O)nc2c1C1CCC3(CC1S2)OCCO3. The second kappa shape index (κ2) is 3.97. The van der Waals surface area contributed by atoms with E-state index in [0.717, 1.165) is 29.9 Å². The average molecular weight is 281 g/mol. The molecule has 2 atom stereocenters. The molecule has 0 bridgehead atoms. The number of nitrogens with two attached hydrogens (primary N) is 1. The van der Waals surface area contributed by atoms with E-state index in [4.69, 9.17) is 15.2 Å². The van der Waals surface area contributed by atoms with Gasteiger partial charge in [0.2, 0.25) is 0 Å². The van der Waals surface area contributed by atoms with Crippen molar-refractivity contribution in [2.45, 2.75) is 41.2 Å². The number of anilines is 1. The minimum absolute atomic E-state index is 0.340. The van der Waals surface area contributed by atoms with Crippen molar-refractivity contribution >= 4 is 17.6 Å². The van der Waals surface area contributed by atoms with Gasteiger partial charge in [-0.1, -0.05) is 0 Å². The molecule has 0 radical (unpaired) electrons. The molecule has 2 fully saturated rings. The number of aromatic amines is 1. The van der Waals surface area contributed by atoms with Crippen LogP contribution in [0.15, 0.2) is 9.82 Å². The summed E-state index contributed by atoms with van der Waals surface area (Å²) in [6.07, 6.45) is 2.68. The molecule has 3 N–H and O–H groups in total. The van der Waals surface area contributed by atoms with E-state index in [1.54, 1.807) is 11.8 Å². The van der Waals surface area contributed by atoms with E-state index < -0.39 is 5.79 Å². The molecule has 102 valence electrons. The van der Waals surface area contributed by atoms with Crippen LogP contribution in [0.25, 0.3) is 0 Å². The van der Waals surface area contributed by atoms with Gasteiger partial charge in [0.05, 0.1) is 13.2 Å². The normalized spacial score (nSPS) is 31.4. The zero-order valence-corrected chi connectivity index (χ0v) is 11.2. The van der Waals surface area contributed by atoms with Crippen LogP contribution in [0.1, 0.15) is 30.7 Å². The van der Waals surface area contributed by atoms with E-state index >= 15 is 0 Å². The van der Waals surface area contributed by atoms with Crippen molar-refractivity contribution in [1.29, 1.82) is 0 Å². The third kappa shape index (κ3) is 1.72. The molecule has 4 rings (SSSR count). The Labute approximate surface area is 114 Å². The topological polar surface area (TPSA) is 90.2 Å². The molecule has 1 saturated carbocycles. The van der Waals surface area contributed by atoms with Gasteiger partial charge in [-0.15, -0.1) is 11.8 Å². The Balaban J connectivity index is 1.69. The molecule has 1 aliphatic carbocycles. The van der Waals surface area contributed by atoms with Gasteiger partial charge >= 0.3 is 5.69 Å². The molecular weight excluding hydrogens is 266 g/mol. The number of nitrogen functional groups attached to an aromatic ring is 1. The number of hydrogen-bond acceptors (Lipinski definition) is 6. The van der Waals surface area contributed by atoms with Crippen LogP contribution < -0.4 is 11.4 Å². The predicted octanol–water partition coefficient (Wildman–Crippen LogP) is 0.837. The summed E-state index contributed by atoms with van der Waals surface area (Å²) in [5, 5.41) is 1.12. The fourth-order valence-corrected chi connectivity index (χ4v) is 4.98. The molecule has 7 heteroatoms. The molecule has 0 amide bonds. The summed E-state index contributed by atoms with van der Waals surface area (Å²) in [6.45, 7) is 1.35. The van der Waals surface area contributed by atoms with E-state index in [2.05, 4.69) is 9.97 Å². The van der Waals surface area contributed by atoms with Crippen LogP contribution >= 0.6 is 11.8 Å². The number of ether oxygens (including phenoxy) is 2. The maximum atomic E-state index is 11.4. The molecule has 1 spiro atoms. The first-order valence-electron chi connectivity index (χ1n) is 6.51. The summed E-state index contributed by atoms with van der Waals surface area (Å²) in [6, 6.07) is 0. The van der Waals surface area contributed by atoms with Gasteiger partial charge in [-0.2, -0.15) is 4.98 Å². The average Bonchev–Trinajstić information content (AvgIpc) is 2.93. The van der Waals surface area contributed by atoms with Crippen molar-refractivity contribution < 1.29 is 9.47 Å². The minimum atomic E-state index is -0.408. The second-order valence-electron chi connectivity index (χ2n) is 5.29. The fourth-order valence-electron chi connectivity index (χ4n) is 3.40. The third-order valence-electron chi connectivity index (χ3n) is 4.21. The largest absolute Gasteiger partial charge is 0.385 e. The molecule has 2 aliphatic heterocycles. The van der Waals surface area contributed by atoms with Crippen molar-refractivity contribution in [3.8, 4) is 0 Å². The first-order chi connectivity index (χ1) is 9.17. The summed E-state index contributed by atoms with van der Waals surface area (Å²) in [4.78, 5) is 18.0. The van der Waals surface area contributed by atoms with E-state index in [9.17, 15) is 4.79 Å². The summed E-state index contributed by atoms with van der Waals surface area (Å²) < 4.78 is 11.6. The Morgan fingerprint density at radius 3 is 3.00 bits per heavy atom. The molecule has 3 aliphatic rings. The second-order valence-corrected chi connectivity index (χ2v) is 6.52. The summed E-state index contributed by atoms with van der Waals surface area (Å²) in [7, 11) is 0. The highest BCUT2D eigenvalue weighted by molar-refractivity contribution is 8.00. The lowest BCUT2D eigenvalue weighted by atomic mass is 9.81. The zero-order chi connectivity index (χ0) is 13.0. The summed E-state index contributed by atoms with van der Waals surface area (Å²) >= 11 is 1.64. The summed E-state index contributed by atoms with van der Waals surface area (Å²) in [5.41, 5.74) is 6.60. The van der Waals surface area contributed by atoms with Crippen molar-refractivity contribution in [2.24, 2.45) is 0 Å². The lowest BCUT2D eigenvalue weighted by Gasteiger charge is -2.37. The van der Waals surface area contributed by atoms with Crippen molar-refractivity contribution in [3.63, 3.8) is 0 Å². The van der Waals surface area contributed by atoms with Crippen LogP contribution in [0.4, 0.5) is 5.82 Å². The van der Waals surface area contributed by atoms with Gasteiger partial charge in [0.1, 0.15) is 10.8 Å².